The van der Waals surface area contributed by atoms with E-state index in [0.717, 1.165) is 0 Å². The Labute approximate surface area is 190 Å². The van der Waals surface area contributed by atoms with Crippen LogP contribution in [0.2, 0.25) is 0 Å². The zero-order valence-corrected chi connectivity index (χ0v) is 20.6. The van der Waals surface area contributed by atoms with Gasteiger partial charge in [-0.3, -0.25) is 19.2 Å². The number of rotatable bonds is 2. The molecule has 10 heteroatoms. The Balaban J connectivity index is 1.57. The summed E-state index contributed by atoms with van der Waals surface area (Å²) in [6, 6.07) is 8.28. The first-order valence-electron chi connectivity index (χ1n) is 11.2. The lowest BCUT2D eigenvalue weighted by Crippen LogP contribution is -2.53. The SMILES string of the molecule is CC1N2C(=O)CCC(=O)N2C(C)P1c1ccccc1P1C(C)N2C(=O)CCC(=O)N2C1C. The van der Waals surface area contributed by atoms with Crippen LogP contribution in [-0.2, 0) is 19.2 Å². The molecule has 4 heterocycles. The van der Waals surface area contributed by atoms with Crippen LogP contribution >= 0.6 is 15.8 Å². The molecule has 4 aliphatic heterocycles. The molecular weight excluding hydrogens is 446 g/mol. The van der Waals surface area contributed by atoms with E-state index in [1.807, 2.05) is 39.8 Å². The topological polar surface area (TPSA) is 81.2 Å². The van der Waals surface area contributed by atoms with E-state index in [1.54, 1.807) is 20.0 Å². The average molecular weight is 474 g/mol. The molecule has 0 spiro atoms. The van der Waals surface area contributed by atoms with Crippen molar-refractivity contribution in [3.63, 3.8) is 0 Å². The van der Waals surface area contributed by atoms with Gasteiger partial charge in [0.1, 0.15) is 0 Å². The summed E-state index contributed by atoms with van der Waals surface area (Å²) in [6.45, 7) is 8.18. The van der Waals surface area contributed by atoms with Gasteiger partial charge in [-0.25, -0.2) is 20.0 Å². The summed E-state index contributed by atoms with van der Waals surface area (Å²) in [6.07, 6.45) is 1.08. The number of hydrazine groups is 2. The summed E-state index contributed by atoms with van der Waals surface area (Å²) in [5, 5.41) is 9.12. The van der Waals surface area contributed by atoms with Gasteiger partial charge in [-0.15, -0.1) is 0 Å². The van der Waals surface area contributed by atoms with Gasteiger partial charge in [0.2, 0.25) is 23.6 Å². The predicted molar refractivity (Wildman–Crippen MR) is 123 cm³/mol. The molecule has 4 saturated heterocycles. The highest BCUT2D eigenvalue weighted by Gasteiger charge is 2.54. The molecule has 0 aromatic heterocycles. The van der Waals surface area contributed by atoms with E-state index in [9.17, 15) is 19.2 Å². The quantitative estimate of drug-likeness (QED) is 0.615. The molecule has 4 aliphatic rings. The van der Waals surface area contributed by atoms with Crippen LogP contribution in [0.25, 0.3) is 0 Å². The predicted octanol–water partition coefficient (Wildman–Crippen LogP) is 2.04. The standard InChI is InChI=1S/C22H28N4O4P2/c1-13-23-19(27)9-10-20(28)24(23)14(2)31(13)17-7-5-6-8-18(17)32-15(3)25-21(29)11-12-22(30)26(25)16(32)4/h5-8,13-16H,9-12H2,1-4H3. The van der Waals surface area contributed by atoms with E-state index in [0.29, 0.717) is 0 Å². The van der Waals surface area contributed by atoms with E-state index in [2.05, 4.69) is 12.1 Å². The van der Waals surface area contributed by atoms with Gasteiger partial charge in [0, 0.05) is 25.7 Å². The van der Waals surface area contributed by atoms with Crippen molar-refractivity contribution in [2.75, 3.05) is 0 Å². The van der Waals surface area contributed by atoms with Gasteiger partial charge in [-0.2, -0.15) is 0 Å². The van der Waals surface area contributed by atoms with Gasteiger partial charge in [-0.05, 0) is 54.1 Å². The summed E-state index contributed by atoms with van der Waals surface area (Å²) in [5.41, 5.74) is 0. The maximum Gasteiger partial charge on any atom is 0.242 e. The van der Waals surface area contributed by atoms with Gasteiger partial charge < -0.3 is 0 Å². The Bertz CT molecular complexity index is 884. The molecule has 32 heavy (non-hydrogen) atoms. The maximum atomic E-state index is 12.7. The van der Waals surface area contributed by atoms with Gasteiger partial charge in [0.25, 0.3) is 0 Å². The molecule has 8 nitrogen and oxygen atoms in total. The van der Waals surface area contributed by atoms with Crippen LogP contribution in [0.5, 0.6) is 0 Å². The van der Waals surface area contributed by atoms with Crippen LogP contribution in [0.15, 0.2) is 24.3 Å². The van der Waals surface area contributed by atoms with E-state index in [-0.39, 0.29) is 72.4 Å². The van der Waals surface area contributed by atoms with Gasteiger partial charge >= 0.3 is 0 Å². The van der Waals surface area contributed by atoms with E-state index in [4.69, 9.17) is 0 Å². The summed E-state index contributed by atoms with van der Waals surface area (Å²) >= 11 is 0. The van der Waals surface area contributed by atoms with Crippen molar-refractivity contribution in [1.29, 1.82) is 0 Å². The number of hydrogen-bond acceptors (Lipinski definition) is 4. The molecule has 0 aliphatic carbocycles. The third-order valence-electron chi connectivity index (χ3n) is 7.06. The van der Waals surface area contributed by atoms with E-state index < -0.39 is 15.8 Å². The highest BCUT2D eigenvalue weighted by Crippen LogP contribution is 2.60. The fourth-order valence-corrected chi connectivity index (χ4v) is 12.4. The van der Waals surface area contributed by atoms with Crippen molar-refractivity contribution in [3.8, 4) is 0 Å². The van der Waals surface area contributed by atoms with E-state index in [1.165, 1.54) is 10.6 Å². The van der Waals surface area contributed by atoms with Gasteiger partial charge in [-0.1, -0.05) is 24.3 Å². The number of fused-ring (bicyclic) bond motifs is 2. The molecule has 170 valence electrons. The Morgan fingerprint density at radius 3 is 1.06 bits per heavy atom. The van der Waals surface area contributed by atoms with Gasteiger partial charge in [0.15, 0.2) is 0 Å². The fourth-order valence-electron chi connectivity index (χ4n) is 5.72. The molecule has 1 aromatic rings. The van der Waals surface area contributed by atoms with Crippen molar-refractivity contribution >= 4 is 50.1 Å². The molecule has 4 atom stereocenters. The smallest absolute Gasteiger partial charge is 0.242 e. The Kier molecular flexibility index (Phi) is 5.29. The van der Waals surface area contributed by atoms with Crippen LogP contribution in [0.4, 0.5) is 0 Å². The second-order valence-electron chi connectivity index (χ2n) is 8.78. The summed E-state index contributed by atoms with van der Waals surface area (Å²) < 4.78 is 0. The van der Waals surface area contributed by atoms with Gasteiger partial charge in [0.05, 0.1) is 23.1 Å². The normalized spacial score (nSPS) is 35.0. The van der Waals surface area contributed by atoms with E-state index >= 15 is 0 Å². The van der Waals surface area contributed by atoms with Crippen LogP contribution in [0.3, 0.4) is 0 Å². The third-order valence-corrected chi connectivity index (χ3v) is 13.2. The van der Waals surface area contributed by atoms with Crippen molar-refractivity contribution in [1.82, 2.24) is 20.0 Å². The molecule has 0 saturated carbocycles. The minimum absolute atomic E-state index is 0.0131. The Morgan fingerprint density at radius 1 is 0.562 bits per heavy atom. The number of benzene rings is 1. The molecule has 4 unspecified atom stereocenters. The highest BCUT2D eigenvalue weighted by atomic mass is 31.1. The number of carbonyl (C=O) groups is 4. The Morgan fingerprint density at radius 2 is 0.812 bits per heavy atom. The average Bonchev–Trinajstić information content (AvgIpc) is 3.19. The molecule has 5 rings (SSSR count). The second kappa shape index (κ2) is 7.78. The first kappa shape index (κ1) is 21.8. The van der Waals surface area contributed by atoms with Crippen molar-refractivity contribution in [2.45, 2.75) is 76.5 Å². The van der Waals surface area contributed by atoms with Crippen molar-refractivity contribution in [3.05, 3.63) is 24.3 Å². The summed E-state index contributed by atoms with van der Waals surface area (Å²) in [5.74, 6) is -0.254. The minimum Gasteiger partial charge on any atom is -0.273 e. The van der Waals surface area contributed by atoms with Crippen LogP contribution < -0.4 is 10.6 Å². The maximum absolute atomic E-state index is 12.7. The molecule has 0 radical (unpaired) electrons. The molecular formula is C22H28N4O4P2. The number of carbonyl (C=O) groups excluding carboxylic acids is 4. The van der Waals surface area contributed by atoms with Crippen LogP contribution in [0.1, 0.15) is 53.4 Å². The first-order chi connectivity index (χ1) is 15.2. The lowest BCUT2D eigenvalue weighted by molar-refractivity contribution is -0.170. The number of hydrogen-bond donors (Lipinski definition) is 0. The lowest BCUT2D eigenvalue weighted by Gasteiger charge is -2.35. The monoisotopic (exact) mass is 474 g/mol. The third kappa shape index (κ3) is 2.95. The highest BCUT2D eigenvalue weighted by molar-refractivity contribution is 7.73. The van der Waals surface area contributed by atoms with Crippen molar-refractivity contribution < 1.29 is 19.2 Å². The Hall–Kier alpha value is -2.04. The zero-order chi connectivity index (χ0) is 22.9. The zero-order valence-electron chi connectivity index (χ0n) is 18.8. The largest absolute Gasteiger partial charge is 0.273 e. The molecule has 0 bridgehead atoms. The van der Waals surface area contributed by atoms with Crippen molar-refractivity contribution in [2.24, 2.45) is 0 Å². The number of nitrogens with zero attached hydrogens (tertiary/aromatic N) is 4. The molecule has 4 amide bonds. The van der Waals surface area contributed by atoms with Crippen LogP contribution in [-0.4, -0.2) is 66.8 Å². The second-order valence-corrected chi connectivity index (χ2v) is 14.4. The lowest BCUT2D eigenvalue weighted by atomic mass is 10.2. The molecule has 4 fully saturated rings. The summed E-state index contributed by atoms with van der Waals surface area (Å²) in [7, 11) is -1.73. The number of amides is 4. The summed E-state index contributed by atoms with van der Waals surface area (Å²) in [4.78, 5) is 50.8. The first-order valence-corrected chi connectivity index (χ1v) is 14.1. The minimum atomic E-state index is -0.865. The fraction of sp³-hybridized carbons (Fsp3) is 0.545. The van der Waals surface area contributed by atoms with Crippen LogP contribution in [0, 0.1) is 0 Å². The molecule has 0 N–H and O–H groups in total. The molecule has 1 aromatic carbocycles.